The summed E-state index contributed by atoms with van der Waals surface area (Å²) in [5.74, 6) is -0.115. The molecule has 0 aliphatic rings. The molecule has 0 aromatic heterocycles. The molecule has 0 aliphatic heterocycles. The van der Waals surface area contributed by atoms with Crippen molar-refractivity contribution in [1.82, 2.24) is 0 Å². The van der Waals surface area contributed by atoms with Gasteiger partial charge in [-0.25, -0.2) is 0 Å². The fraction of sp³-hybridized carbons (Fsp3) is 1.00. The van der Waals surface area contributed by atoms with Crippen LogP contribution in [0.4, 0.5) is 0 Å². The van der Waals surface area contributed by atoms with Crippen LogP contribution in [0.1, 0.15) is 78.6 Å². The highest BCUT2D eigenvalue weighted by atomic mass is 16.7. The van der Waals surface area contributed by atoms with Gasteiger partial charge in [-0.3, -0.25) is 0 Å². The van der Waals surface area contributed by atoms with E-state index in [1.54, 1.807) is 21.3 Å². The van der Waals surface area contributed by atoms with Gasteiger partial charge in [-0.05, 0) is 12.3 Å². The lowest BCUT2D eigenvalue weighted by molar-refractivity contribution is -0.280. The van der Waals surface area contributed by atoms with Crippen molar-refractivity contribution < 1.29 is 14.2 Å². The van der Waals surface area contributed by atoms with Crippen molar-refractivity contribution in [2.75, 3.05) is 21.3 Å². The third-order valence-corrected chi connectivity index (χ3v) is 4.61. The Hall–Kier alpha value is -0.120. The van der Waals surface area contributed by atoms with Crippen LogP contribution in [0, 0.1) is 5.92 Å². The molecule has 0 rings (SSSR count). The minimum atomic E-state index is -0.604. The molecule has 2 atom stereocenters. The maximum absolute atomic E-state index is 5.83. The summed E-state index contributed by atoms with van der Waals surface area (Å²) in [5, 5.41) is 0. The molecule has 0 bridgehead atoms. The summed E-state index contributed by atoms with van der Waals surface area (Å²) in [4.78, 5) is 0. The fourth-order valence-corrected chi connectivity index (χ4v) is 3.32. The van der Waals surface area contributed by atoms with Crippen LogP contribution in [0.5, 0.6) is 0 Å². The zero-order valence-corrected chi connectivity index (χ0v) is 15.2. The minimum Gasteiger partial charge on any atom is -0.376 e. The van der Waals surface area contributed by atoms with Crippen molar-refractivity contribution in [3.63, 3.8) is 0 Å². The van der Waals surface area contributed by atoms with Gasteiger partial charge in [0.1, 0.15) is 6.10 Å². The zero-order chi connectivity index (χ0) is 16.1. The van der Waals surface area contributed by atoms with E-state index in [-0.39, 0.29) is 6.10 Å². The van der Waals surface area contributed by atoms with Gasteiger partial charge in [0.15, 0.2) is 5.79 Å². The van der Waals surface area contributed by atoms with Crippen LogP contribution < -0.4 is 0 Å². The second-order valence-corrected chi connectivity index (χ2v) is 6.00. The number of rotatable bonds is 14. The largest absolute Gasteiger partial charge is 0.376 e. The lowest BCUT2D eigenvalue weighted by Crippen LogP contribution is -2.50. The topological polar surface area (TPSA) is 27.7 Å². The predicted octanol–water partition coefficient (Wildman–Crippen LogP) is 5.18. The van der Waals surface area contributed by atoms with E-state index in [4.69, 9.17) is 14.2 Å². The lowest BCUT2D eigenvalue weighted by Gasteiger charge is -2.41. The second-order valence-electron chi connectivity index (χ2n) is 6.00. The van der Waals surface area contributed by atoms with Gasteiger partial charge in [-0.2, -0.15) is 0 Å². The molecule has 0 fully saturated rings. The molecule has 0 saturated carbocycles. The summed E-state index contributed by atoms with van der Waals surface area (Å²) < 4.78 is 17.4. The van der Waals surface area contributed by atoms with E-state index >= 15 is 0 Å². The van der Waals surface area contributed by atoms with Crippen LogP contribution >= 0.6 is 0 Å². The molecule has 21 heavy (non-hydrogen) atoms. The van der Waals surface area contributed by atoms with Crippen LogP contribution in [0.3, 0.4) is 0 Å². The highest BCUT2D eigenvalue weighted by Crippen LogP contribution is 2.33. The second kappa shape index (κ2) is 12.4. The average Bonchev–Trinajstić information content (AvgIpc) is 2.52. The number of methoxy groups -OCH3 is 3. The lowest BCUT2D eigenvalue weighted by atomic mass is 9.86. The first-order valence-corrected chi connectivity index (χ1v) is 8.78. The summed E-state index contributed by atoms with van der Waals surface area (Å²) >= 11 is 0. The molecule has 0 saturated heterocycles. The standard InChI is InChI=1S/C18H38O3/c1-7-10-11-12-13-14-16(9-3)17(19-4)18(20-5,21-6)15-8-2/h16-17H,7-15H2,1-6H3. The van der Waals surface area contributed by atoms with Crippen molar-refractivity contribution >= 4 is 0 Å². The summed E-state index contributed by atoms with van der Waals surface area (Å²) in [7, 11) is 5.26. The number of hydrogen-bond donors (Lipinski definition) is 0. The molecule has 0 aromatic carbocycles. The van der Waals surface area contributed by atoms with Gasteiger partial charge in [-0.1, -0.05) is 65.7 Å². The summed E-state index contributed by atoms with van der Waals surface area (Å²) in [6, 6.07) is 0. The molecule has 0 aromatic rings. The number of ether oxygens (including phenoxy) is 3. The summed E-state index contributed by atoms with van der Waals surface area (Å²) in [6.45, 7) is 6.65. The van der Waals surface area contributed by atoms with Crippen LogP contribution in [0.25, 0.3) is 0 Å². The van der Waals surface area contributed by atoms with E-state index in [0.717, 1.165) is 19.3 Å². The summed E-state index contributed by atoms with van der Waals surface area (Å²) in [5.41, 5.74) is 0. The molecular formula is C18H38O3. The van der Waals surface area contributed by atoms with Crippen LogP contribution in [0.15, 0.2) is 0 Å². The minimum absolute atomic E-state index is 0.00336. The van der Waals surface area contributed by atoms with Crippen LogP contribution in [0.2, 0.25) is 0 Å². The van der Waals surface area contributed by atoms with Crippen molar-refractivity contribution in [2.24, 2.45) is 5.92 Å². The molecule has 0 spiro atoms. The Morgan fingerprint density at radius 2 is 1.43 bits per heavy atom. The van der Waals surface area contributed by atoms with Crippen molar-refractivity contribution in [3.05, 3.63) is 0 Å². The molecule has 0 aliphatic carbocycles. The first kappa shape index (κ1) is 20.9. The van der Waals surface area contributed by atoms with E-state index in [1.807, 2.05) is 0 Å². The summed E-state index contributed by atoms with van der Waals surface area (Å²) in [6.07, 6.45) is 10.8. The smallest absolute Gasteiger partial charge is 0.194 e. The monoisotopic (exact) mass is 302 g/mol. The molecular weight excluding hydrogens is 264 g/mol. The predicted molar refractivity (Wildman–Crippen MR) is 89.6 cm³/mol. The van der Waals surface area contributed by atoms with E-state index in [2.05, 4.69) is 20.8 Å². The molecule has 0 radical (unpaired) electrons. The third-order valence-electron chi connectivity index (χ3n) is 4.61. The van der Waals surface area contributed by atoms with Crippen molar-refractivity contribution in [1.29, 1.82) is 0 Å². The Bertz CT molecular complexity index is 227. The van der Waals surface area contributed by atoms with Gasteiger partial charge >= 0.3 is 0 Å². The highest BCUT2D eigenvalue weighted by Gasteiger charge is 2.42. The molecule has 0 N–H and O–H groups in total. The zero-order valence-electron chi connectivity index (χ0n) is 15.2. The van der Waals surface area contributed by atoms with Crippen molar-refractivity contribution in [2.45, 2.75) is 90.4 Å². The molecule has 3 nitrogen and oxygen atoms in total. The van der Waals surface area contributed by atoms with Gasteiger partial charge in [0.2, 0.25) is 0 Å². The molecule has 2 unspecified atom stereocenters. The normalized spacial score (nSPS) is 15.1. The van der Waals surface area contributed by atoms with Gasteiger partial charge in [0.05, 0.1) is 0 Å². The highest BCUT2D eigenvalue weighted by molar-refractivity contribution is 4.85. The average molecular weight is 302 g/mol. The Balaban J connectivity index is 4.67. The van der Waals surface area contributed by atoms with Gasteiger partial charge in [0.25, 0.3) is 0 Å². The van der Waals surface area contributed by atoms with E-state index < -0.39 is 5.79 Å². The molecule has 0 amide bonds. The maximum Gasteiger partial charge on any atom is 0.194 e. The van der Waals surface area contributed by atoms with Gasteiger partial charge in [-0.15, -0.1) is 0 Å². The van der Waals surface area contributed by atoms with Gasteiger partial charge < -0.3 is 14.2 Å². The Morgan fingerprint density at radius 3 is 1.86 bits per heavy atom. The third kappa shape index (κ3) is 6.66. The SMILES string of the molecule is CCCCCCCC(CC)C(OC)C(CCC)(OC)OC. The van der Waals surface area contributed by atoms with Crippen LogP contribution in [-0.4, -0.2) is 33.2 Å². The fourth-order valence-electron chi connectivity index (χ4n) is 3.32. The first-order chi connectivity index (χ1) is 10.2. The van der Waals surface area contributed by atoms with Crippen molar-refractivity contribution in [3.8, 4) is 0 Å². The van der Waals surface area contributed by atoms with E-state index in [1.165, 1.54) is 38.5 Å². The Labute approximate surface area is 132 Å². The molecule has 3 heteroatoms. The Kier molecular flexibility index (Phi) is 12.4. The van der Waals surface area contributed by atoms with Gasteiger partial charge in [0, 0.05) is 27.8 Å². The van der Waals surface area contributed by atoms with Crippen LogP contribution in [-0.2, 0) is 14.2 Å². The number of hydrogen-bond acceptors (Lipinski definition) is 3. The van der Waals surface area contributed by atoms with E-state index in [9.17, 15) is 0 Å². The Morgan fingerprint density at radius 1 is 0.810 bits per heavy atom. The molecule has 0 heterocycles. The quantitative estimate of drug-likeness (QED) is 0.327. The molecule has 128 valence electrons. The maximum atomic E-state index is 5.83. The van der Waals surface area contributed by atoms with E-state index in [0.29, 0.717) is 5.92 Å². The number of unbranched alkanes of at least 4 members (excludes halogenated alkanes) is 4. The first-order valence-electron chi connectivity index (χ1n) is 8.78.